The molecule has 124 valence electrons. The van der Waals surface area contributed by atoms with Crippen molar-refractivity contribution in [3.63, 3.8) is 0 Å². The molecule has 0 spiro atoms. The molecule has 2 nitrogen and oxygen atoms in total. The zero-order valence-corrected chi connectivity index (χ0v) is 15.5. The van der Waals surface area contributed by atoms with Crippen molar-refractivity contribution < 1.29 is 0 Å². The summed E-state index contributed by atoms with van der Waals surface area (Å²) in [5.74, 6) is 0. The zero-order chi connectivity index (χ0) is 16.7. The van der Waals surface area contributed by atoms with E-state index in [2.05, 4.69) is 10.6 Å². The van der Waals surface area contributed by atoms with Crippen molar-refractivity contribution in [1.82, 2.24) is 10.6 Å². The fourth-order valence-corrected chi connectivity index (χ4v) is 3.23. The zero-order valence-electron chi connectivity index (χ0n) is 12.5. The van der Waals surface area contributed by atoms with Gasteiger partial charge >= 0.3 is 0 Å². The van der Waals surface area contributed by atoms with E-state index in [1.807, 2.05) is 36.4 Å². The quantitative estimate of drug-likeness (QED) is 0.574. The van der Waals surface area contributed by atoms with E-state index in [1.54, 1.807) is 0 Å². The van der Waals surface area contributed by atoms with Crippen LogP contribution < -0.4 is 10.6 Å². The van der Waals surface area contributed by atoms with Crippen LogP contribution in [0.5, 0.6) is 0 Å². The van der Waals surface area contributed by atoms with Crippen molar-refractivity contribution in [2.75, 3.05) is 13.1 Å². The molecule has 2 rings (SSSR count). The Balaban J connectivity index is 1.65. The number of hydrogen-bond acceptors (Lipinski definition) is 2. The molecule has 2 aromatic carbocycles. The first-order valence-electron chi connectivity index (χ1n) is 7.37. The monoisotopic (exact) mass is 390 g/mol. The summed E-state index contributed by atoms with van der Waals surface area (Å²) in [6.45, 7) is 3.05. The molecular weight excluding hydrogens is 374 g/mol. The van der Waals surface area contributed by atoms with Crippen LogP contribution in [0.4, 0.5) is 0 Å². The smallest absolute Gasteiger partial charge is 0.0465 e. The van der Waals surface area contributed by atoms with Crippen LogP contribution in [0.3, 0.4) is 0 Å². The molecule has 0 fully saturated rings. The summed E-state index contributed by atoms with van der Waals surface area (Å²) in [5, 5.41) is 9.45. The molecular formula is C17H18Cl4N2. The highest BCUT2D eigenvalue weighted by atomic mass is 35.5. The first-order chi connectivity index (χ1) is 11.1. The predicted molar refractivity (Wildman–Crippen MR) is 101 cm³/mol. The Morgan fingerprint density at radius 1 is 0.609 bits per heavy atom. The molecule has 0 aromatic heterocycles. The second-order valence-corrected chi connectivity index (χ2v) is 6.74. The highest BCUT2D eigenvalue weighted by Crippen LogP contribution is 2.24. The molecule has 0 saturated carbocycles. The second-order valence-electron chi connectivity index (χ2n) is 5.11. The van der Waals surface area contributed by atoms with Gasteiger partial charge in [-0.05, 0) is 43.8 Å². The number of rotatable bonds is 8. The van der Waals surface area contributed by atoms with E-state index < -0.39 is 0 Å². The van der Waals surface area contributed by atoms with Gasteiger partial charge < -0.3 is 10.6 Å². The Hall–Kier alpha value is -0.480. The van der Waals surface area contributed by atoms with Crippen molar-refractivity contribution in [2.45, 2.75) is 19.5 Å². The maximum absolute atomic E-state index is 6.13. The molecule has 2 N–H and O–H groups in total. The number of benzene rings is 2. The number of halogens is 4. The minimum atomic E-state index is 0.662. The van der Waals surface area contributed by atoms with Crippen LogP contribution in [0.2, 0.25) is 20.1 Å². The van der Waals surface area contributed by atoms with Gasteiger partial charge in [0.1, 0.15) is 0 Å². The van der Waals surface area contributed by atoms with Crippen molar-refractivity contribution in [2.24, 2.45) is 0 Å². The summed E-state index contributed by atoms with van der Waals surface area (Å²) in [6, 6.07) is 11.1. The molecule has 2 aromatic rings. The lowest BCUT2D eigenvalue weighted by Crippen LogP contribution is -2.22. The largest absolute Gasteiger partial charge is 0.313 e. The van der Waals surface area contributed by atoms with Gasteiger partial charge in [0.2, 0.25) is 0 Å². The summed E-state index contributed by atoms with van der Waals surface area (Å²) >= 11 is 24.5. The van der Waals surface area contributed by atoms with Crippen LogP contribution in [0.15, 0.2) is 36.4 Å². The third kappa shape index (κ3) is 5.82. The molecule has 0 radical (unpaired) electrons. The third-order valence-corrected chi connectivity index (χ3v) is 4.85. The fraction of sp³-hybridized carbons (Fsp3) is 0.294. The van der Waals surface area contributed by atoms with Crippen LogP contribution in [0.1, 0.15) is 17.5 Å². The minimum Gasteiger partial charge on any atom is -0.313 e. The molecule has 0 aliphatic carbocycles. The summed E-state index contributed by atoms with van der Waals surface area (Å²) < 4.78 is 0. The molecule has 0 amide bonds. The topological polar surface area (TPSA) is 24.1 Å². The standard InChI is InChI=1S/C17H18Cl4N2/c18-14-4-1-5-15(19)12(14)10-22-8-3-9-23-11-13-16(20)6-2-7-17(13)21/h1-2,4-7,22-23H,3,8-11H2. The Labute approximate surface area is 157 Å². The van der Waals surface area contributed by atoms with Crippen LogP contribution in [0.25, 0.3) is 0 Å². The number of nitrogens with one attached hydrogen (secondary N) is 2. The lowest BCUT2D eigenvalue weighted by Gasteiger charge is -2.10. The summed E-state index contributed by atoms with van der Waals surface area (Å²) in [6.07, 6.45) is 0.976. The molecule has 0 aliphatic heterocycles. The molecule has 0 bridgehead atoms. The van der Waals surface area contributed by atoms with Crippen molar-refractivity contribution in [3.05, 3.63) is 67.6 Å². The van der Waals surface area contributed by atoms with Gasteiger partial charge in [-0.15, -0.1) is 0 Å². The molecule has 0 aliphatic rings. The van der Waals surface area contributed by atoms with E-state index in [9.17, 15) is 0 Å². The Kier molecular flexibility index (Phi) is 7.97. The van der Waals surface area contributed by atoms with Crippen molar-refractivity contribution >= 4 is 46.4 Å². The Morgan fingerprint density at radius 3 is 1.30 bits per heavy atom. The van der Waals surface area contributed by atoms with E-state index >= 15 is 0 Å². The maximum atomic E-state index is 6.13. The SMILES string of the molecule is Clc1cccc(Cl)c1CNCCCNCc1c(Cl)cccc1Cl. The lowest BCUT2D eigenvalue weighted by molar-refractivity contribution is 0.595. The first-order valence-corrected chi connectivity index (χ1v) is 8.88. The Morgan fingerprint density at radius 2 is 0.957 bits per heavy atom. The van der Waals surface area contributed by atoms with Crippen molar-refractivity contribution in [1.29, 1.82) is 0 Å². The van der Waals surface area contributed by atoms with E-state index in [4.69, 9.17) is 46.4 Å². The van der Waals surface area contributed by atoms with Gasteiger partial charge in [-0.25, -0.2) is 0 Å². The average molecular weight is 392 g/mol. The third-order valence-electron chi connectivity index (χ3n) is 3.43. The predicted octanol–water partition coefficient (Wildman–Crippen LogP) is 5.57. The van der Waals surface area contributed by atoms with Gasteiger partial charge in [0.05, 0.1) is 0 Å². The van der Waals surface area contributed by atoms with E-state index in [0.717, 1.165) is 30.6 Å². The molecule has 23 heavy (non-hydrogen) atoms. The molecule has 0 saturated heterocycles. The highest BCUT2D eigenvalue weighted by molar-refractivity contribution is 6.36. The number of hydrogen-bond donors (Lipinski definition) is 2. The molecule has 0 unspecified atom stereocenters. The molecule has 0 atom stereocenters. The normalized spacial score (nSPS) is 11.0. The second kappa shape index (κ2) is 9.73. The fourth-order valence-electron chi connectivity index (χ4n) is 2.17. The summed E-state index contributed by atoms with van der Waals surface area (Å²) in [7, 11) is 0. The lowest BCUT2D eigenvalue weighted by atomic mass is 10.2. The molecule has 0 heterocycles. The minimum absolute atomic E-state index is 0.662. The van der Waals surface area contributed by atoms with E-state index in [0.29, 0.717) is 33.2 Å². The molecule has 6 heteroatoms. The van der Waals surface area contributed by atoms with Crippen LogP contribution >= 0.6 is 46.4 Å². The highest BCUT2D eigenvalue weighted by Gasteiger charge is 2.05. The Bertz CT molecular complexity index is 550. The van der Waals surface area contributed by atoms with Gasteiger partial charge in [0.25, 0.3) is 0 Å². The van der Waals surface area contributed by atoms with Crippen LogP contribution in [0, 0.1) is 0 Å². The summed E-state index contributed by atoms with van der Waals surface area (Å²) in [4.78, 5) is 0. The van der Waals surface area contributed by atoms with Crippen LogP contribution in [-0.4, -0.2) is 13.1 Å². The van der Waals surface area contributed by atoms with E-state index in [1.165, 1.54) is 0 Å². The van der Waals surface area contributed by atoms with Gasteiger partial charge in [0, 0.05) is 44.3 Å². The van der Waals surface area contributed by atoms with Gasteiger partial charge in [-0.1, -0.05) is 58.5 Å². The maximum Gasteiger partial charge on any atom is 0.0465 e. The summed E-state index contributed by atoms with van der Waals surface area (Å²) in [5.41, 5.74) is 1.87. The van der Waals surface area contributed by atoms with Gasteiger partial charge in [0.15, 0.2) is 0 Å². The average Bonchev–Trinajstić information content (AvgIpc) is 2.51. The van der Waals surface area contributed by atoms with Gasteiger partial charge in [-0.2, -0.15) is 0 Å². The van der Waals surface area contributed by atoms with E-state index in [-0.39, 0.29) is 0 Å². The van der Waals surface area contributed by atoms with Crippen molar-refractivity contribution in [3.8, 4) is 0 Å². The van der Waals surface area contributed by atoms with Crippen LogP contribution in [-0.2, 0) is 13.1 Å². The first kappa shape index (κ1) is 18.9. The van der Waals surface area contributed by atoms with Gasteiger partial charge in [-0.3, -0.25) is 0 Å².